The minimum absolute atomic E-state index is 0.0672. The molecular formula is C19H28N2O4Si. The number of nitrogens with zero attached hydrogens (tertiary/aromatic N) is 1. The van der Waals surface area contributed by atoms with Crippen LogP contribution in [0.3, 0.4) is 0 Å². The lowest BCUT2D eigenvalue weighted by atomic mass is 10.1. The van der Waals surface area contributed by atoms with Crippen LogP contribution in [0, 0.1) is 0 Å². The van der Waals surface area contributed by atoms with E-state index in [1.165, 1.54) is 25.0 Å². The lowest BCUT2D eigenvalue weighted by Crippen LogP contribution is -2.79. The maximum absolute atomic E-state index is 12.3. The third-order valence-electron chi connectivity index (χ3n) is 5.24. The molecule has 0 radical (unpaired) electrons. The number of fused-ring (bicyclic) bond motifs is 1. The van der Waals surface area contributed by atoms with Crippen LogP contribution in [0.25, 0.3) is 11.1 Å². The number of rotatable bonds is 3. The molecule has 0 aromatic heterocycles. The van der Waals surface area contributed by atoms with E-state index in [2.05, 4.69) is 63.4 Å². The fraction of sp³-hybridized carbons (Fsp3) is 0.526. The Morgan fingerprint density at radius 3 is 2.00 bits per heavy atom. The number of hydrogen-bond donors (Lipinski definition) is 1. The summed E-state index contributed by atoms with van der Waals surface area (Å²) in [7, 11) is -2.15. The Bertz CT molecular complexity index is 722. The summed E-state index contributed by atoms with van der Waals surface area (Å²) >= 11 is 0. The van der Waals surface area contributed by atoms with Crippen LogP contribution in [0.4, 0.5) is 0 Å². The molecule has 0 spiro atoms. The average Bonchev–Trinajstić information content (AvgIpc) is 3.09. The average molecular weight is 377 g/mol. The first kappa shape index (κ1) is 20.2. The number of carbonyl (C=O) groups excluding carboxylic acids is 3. The Morgan fingerprint density at radius 2 is 1.69 bits per heavy atom. The van der Waals surface area contributed by atoms with Gasteiger partial charge in [-0.1, -0.05) is 52.1 Å². The van der Waals surface area contributed by atoms with E-state index in [0.29, 0.717) is 0 Å². The normalized spacial score (nSPS) is 20.4. The molecule has 6 nitrogen and oxygen atoms in total. The Hall–Kier alpha value is -2.15. The molecule has 0 aromatic rings. The lowest BCUT2D eigenvalue weighted by Gasteiger charge is -2.56. The van der Waals surface area contributed by atoms with Crippen molar-refractivity contribution in [1.82, 2.24) is 9.88 Å². The van der Waals surface area contributed by atoms with Gasteiger partial charge in [0.15, 0.2) is 20.5 Å². The van der Waals surface area contributed by atoms with Crippen molar-refractivity contribution in [2.24, 2.45) is 0 Å². The zero-order chi connectivity index (χ0) is 19.9. The number of ether oxygens (including phenoxy) is 1. The van der Waals surface area contributed by atoms with Crippen molar-refractivity contribution in [1.29, 1.82) is 0 Å². The minimum Gasteiger partial charge on any atom is -0.440 e. The van der Waals surface area contributed by atoms with Gasteiger partial charge < -0.3 is 14.6 Å². The molecule has 7 heteroatoms. The van der Waals surface area contributed by atoms with Gasteiger partial charge >= 0.3 is 5.97 Å². The van der Waals surface area contributed by atoms with Gasteiger partial charge in [-0.15, -0.1) is 0 Å². The van der Waals surface area contributed by atoms with Crippen LogP contribution in [-0.4, -0.2) is 42.9 Å². The Balaban J connectivity index is 0.000000331. The van der Waals surface area contributed by atoms with Crippen LogP contribution < -0.4 is 5.32 Å². The van der Waals surface area contributed by atoms with E-state index >= 15 is 0 Å². The van der Waals surface area contributed by atoms with Gasteiger partial charge in [0.25, 0.3) is 0 Å². The fourth-order valence-electron chi connectivity index (χ4n) is 2.74. The summed E-state index contributed by atoms with van der Waals surface area (Å²) in [5, 5.41) is 2.49. The highest BCUT2D eigenvalue weighted by Gasteiger charge is 2.59. The van der Waals surface area contributed by atoms with Gasteiger partial charge in [-0.25, -0.2) is 0 Å². The number of amides is 2. The number of benzene rings is 1. The highest BCUT2D eigenvalue weighted by atomic mass is 28.3. The third-order valence-corrected chi connectivity index (χ3v) is 10.6. The summed E-state index contributed by atoms with van der Waals surface area (Å²) in [4.78, 5) is 34.8. The molecule has 142 valence electrons. The Labute approximate surface area is 156 Å². The molecule has 3 rings (SSSR count). The summed E-state index contributed by atoms with van der Waals surface area (Å²) in [6.07, 6.45) is -0.690. The quantitative estimate of drug-likeness (QED) is 0.508. The third kappa shape index (κ3) is 3.98. The van der Waals surface area contributed by atoms with Crippen LogP contribution in [0.15, 0.2) is 24.3 Å². The van der Waals surface area contributed by atoms with Gasteiger partial charge in [0.05, 0.1) is 0 Å². The zero-order valence-electron chi connectivity index (χ0n) is 16.5. The van der Waals surface area contributed by atoms with Crippen LogP contribution in [0.2, 0.25) is 18.1 Å². The van der Waals surface area contributed by atoms with E-state index < -0.39 is 26.5 Å². The highest BCUT2D eigenvalue weighted by molar-refractivity contribution is 6.80. The second-order valence-electron chi connectivity index (χ2n) is 8.28. The zero-order valence-corrected chi connectivity index (χ0v) is 17.5. The molecule has 1 N–H and O–H groups in total. The van der Waals surface area contributed by atoms with Crippen molar-refractivity contribution in [3.8, 4) is 11.1 Å². The number of carbonyl (C=O) groups is 3. The summed E-state index contributed by atoms with van der Waals surface area (Å²) in [6, 6.07) is 7.72. The van der Waals surface area contributed by atoms with Crippen molar-refractivity contribution in [2.75, 3.05) is 0 Å². The largest absolute Gasteiger partial charge is 0.440 e. The lowest BCUT2D eigenvalue weighted by molar-refractivity contribution is -0.180. The molecule has 2 unspecified atom stereocenters. The molecule has 0 bridgehead atoms. The van der Waals surface area contributed by atoms with Crippen molar-refractivity contribution in [3.63, 3.8) is 0 Å². The summed E-state index contributed by atoms with van der Waals surface area (Å²) in [5.74, 6) is -0.935. The second-order valence-corrected chi connectivity index (χ2v) is 13.4. The summed E-state index contributed by atoms with van der Waals surface area (Å²) < 4.78 is 6.93. The minimum atomic E-state index is -2.15. The first-order valence-electron chi connectivity index (χ1n) is 8.74. The van der Waals surface area contributed by atoms with Crippen LogP contribution in [-0.2, 0) is 19.1 Å². The van der Waals surface area contributed by atoms with Crippen molar-refractivity contribution in [3.05, 3.63) is 24.3 Å². The number of esters is 1. The topological polar surface area (TPSA) is 75.7 Å². The molecular weight excluding hydrogens is 348 g/mol. The maximum Gasteiger partial charge on any atom is 0.304 e. The van der Waals surface area contributed by atoms with Gasteiger partial charge in [0.2, 0.25) is 11.8 Å². The van der Waals surface area contributed by atoms with Gasteiger partial charge in [0, 0.05) is 13.8 Å². The van der Waals surface area contributed by atoms with E-state index in [4.69, 9.17) is 4.74 Å². The Morgan fingerprint density at radius 1 is 1.15 bits per heavy atom. The van der Waals surface area contributed by atoms with Crippen molar-refractivity contribution in [2.45, 2.75) is 65.0 Å². The highest BCUT2D eigenvalue weighted by Crippen LogP contribution is 2.43. The molecule has 1 heterocycles. The van der Waals surface area contributed by atoms with E-state index in [1.807, 2.05) is 0 Å². The first-order chi connectivity index (χ1) is 11.9. The van der Waals surface area contributed by atoms with Gasteiger partial charge in [0.1, 0.15) is 0 Å². The molecule has 3 aliphatic rings. The van der Waals surface area contributed by atoms with Crippen molar-refractivity contribution < 1.29 is 19.1 Å². The van der Waals surface area contributed by atoms with Crippen LogP contribution >= 0.6 is 0 Å². The SMILES string of the molecule is CC(=O)NC1C(=O)N([Si](C)(C)C(C)(C)C)C1OC(C)=O.c1cc2cc-2c1. The van der Waals surface area contributed by atoms with Crippen LogP contribution in [0.5, 0.6) is 0 Å². The molecule has 26 heavy (non-hydrogen) atoms. The number of β-lactam (4-membered cyclic amide) rings is 1. The van der Waals surface area contributed by atoms with E-state index in [0.717, 1.165) is 0 Å². The van der Waals surface area contributed by atoms with Gasteiger partial charge in [-0.2, -0.15) is 0 Å². The van der Waals surface area contributed by atoms with Gasteiger partial charge in [-0.05, 0) is 22.2 Å². The van der Waals surface area contributed by atoms with E-state index in [1.54, 1.807) is 4.57 Å². The predicted octanol–water partition coefficient (Wildman–Crippen LogP) is 2.89. The molecule has 1 aliphatic heterocycles. The Kier molecular flexibility index (Phi) is 5.33. The number of hydrogen-bond acceptors (Lipinski definition) is 4. The second kappa shape index (κ2) is 6.87. The molecule has 2 aliphatic carbocycles. The molecule has 2 amide bonds. The van der Waals surface area contributed by atoms with Crippen LogP contribution in [0.1, 0.15) is 34.6 Å². The monoisotopic (exact) mass is 376 g/mol. The fourth-order valence-corrected chi connectivity index (χ4v) is 4.99. The maximum atomic E-state index is 12.3. The van der Waals surface area contributed by atoms with E-state index in [-0.39, 0.29) is 16.9 Å². The first-order valence-corrected chi connectivity index (χ1v) is 11.7. The molecule has 0 saturated carbocycles. The predicted molar refractivity (Wildman–Crippen MR) is 103 cm³/mol. The smallest absolute Gasteiger partial charge is 0.304 e. The molecule has 1 fully saturated rings. The number of nitrogens with one attached hydrogen (secondary N) is 1. The summed E-state index contributed by atoms with van der Waals surface area (Å²) in [5.41, 5.74) is 2.85. The summed E-state index contributed by atoms with van der Waals surface area (Å²) in [6.45, 7) is 13.0. The van der Waals surface area contributed by atoms with E-state index in [9.17, 15) is 14.4 Å². The molecule has 2 atom stereocenters. The standard InChI is InChI=1S/C13H24N2O4Si.C6H4/c1-8(16)14-10-11(18)15(12(10)19-9(2)17)20(6,7)13(3,4)5;1-2-5-4-6(5)3-1/h10,12H,1-7H3,(H,14,16);1-4H. The molecule has 0 aromatic carbocycles. The molecule has 1 saturated heterocycles. The van der Waals surface area contributed by atoms with Crippen molar-refractivity contribution >= 4 is 26.0 Å². The van der Waals surface area contributed by atoms with Gasteiger partial charge in [-0.3, -0.25) is 14.4 Å².